The largest absolute Gasteiger partial charge is 0.376 e. The molecule has 5 nitrogen and oxygen atoms in total. The number of ether oxygens (including phenoxy) is 1. The Morgan fingerprint density at radius 3 is 2.69 bits per heavy atom. The molecule has 26 heavy (non-hydrogen) atoms. The Morgan fingerprint density at radius 2 is 1.96 bits per heavy atom. The van der Waals surface area contributed by atoms with Crippen molar-refractivity contribution in [3.8, 4) is 0 Å². The summed E-state index contributed by atoms with van der Waals surface area (Å²) in [6, 6.07) is 5.98. The predicted octanol–water partition coefficient (Wildman–Crippen LogP) is 4.31. The van der Waals surface area contributed by atoms with E-state index in [1.54, 1.807) is 0 Å². The molecule has 5 heteroatoms. The molecule has 0 unspecified atom stereocenters. The van der Waals surface area contributed by atoms with Crippen molar-refractivity contribution in [2.75, 3.05) is 36.5 Å². The molecule has 0 bridgehead atoms. The summed E-state index contributed by atoms with van der Waals surface area (Å²) in [6.45, 7) is 7.75. The van der Waals surface area contributed by atoms with E-state index < -0.39 is 0 Å². The molecule has 1 aliphatic carbocycles. The average molecular weight is 360 g/mol. The summed E-state index contributed by atoms with van der Waals surface area (Å²) in [5.74, 6) is 0.634. The molecule has 1 saturated heterocycles. The maximum absolute atomic E-state index is 12.1. The van der Waals surface area contributed by atoms with Crippen LogP contribution in [0.2, 0.25) is 0 Å². The van der Waals surface area contributed by atoms with Gasteiger partial charge in [-0.3, -0.25) is 0 Å². The summed E-state index contributed by atoms with van der Waals surface area (Å²) in [5, 5.41) is 5.81. The topological polar surface area (TPSA) is 53.6 Å². The van der Waals surface area contributed by atoms with Gasteiger partial charge in [-0.15, -0.1) is 0 Å². The highest BCUT2D eigenvalue weighted by atomic mass is 16.5. The molecule has 2 atom stereocenters. The van der Waals surface area contributed by atoms with E-state index in [1.165, 1.54) is 43.4 Å². The second-order valence-corrected chi connectivity index (χ2v) is 7.75. The second-order valence-electron chi connectivity index (χ2n) is 7.75. The van der Waals surface area contributed by atoms with Crippen molar-refractivity contribution >= 4 is 17.4 Å². The number of nitrogens with zero attached hydrogens (tertiary/aromatic N) is 1. The summed E-state index contributed by atoms with van der Waals surface area (Å²) in [4.78, 5) is 14.5. The number of amides is 2. The molecule has 2 fully saturated rings. The first-order valence-electron chi connectivity index (χ1n) is 10.2. The summed E-state index contributed by atoms with van der Waals surface area (Å²) >= 11 is 0. The summed E-state index contributed by atoms with van der Waals surface area (Å²) in [5.41, 5.74) is 3.33. The Hall–Kier alpha value is -1.75. The molecule has 1 saturated carbocycles. The fourth-order valence-corrected chi connectivity index (χ4v) is 4.13. The van der Waals surface area contributed by atoms with Crippen LogP contribution in [-0.4, -0.2) is 38.4 Å². The van der Waals surface area contributed by atoms with Crippen molar-refractivity contribution in [3.63, 3.8) is 0 Å². The van der Waals surface area contributed by atoms with E-state index in [0.717, 1.165) is 25.2 Å². The monoisotopic (exact) mass is 359 g/mol. The van der Waals surface area contributed by atoms with Gasteiger partial charge >= 0.3 is 6.03 Å². The molecule has 0 aromatic heterocycles. The number of hydrogen-bond donors (Lipinski definition) is 2. The number of hydrogen-bond acceptors (Lipinski definition) is 3. The van der Waals surface area contributed by atoms with E-state index in [0.29, 0.717) is 25.2 Å². The first-order chi connectivity index (χ1) is 12.6. The molecule has 1 aliphatic heterocycles. The van der Waals surface area contributed by atoms with Crippen molar-refractivity contribution in [2.45, 2.75) is 58.5 Å². The summed E-state index contributed by atoms with van der Waals surface area (Å²) in [6.07, 6.45) is 7.87. The minimum Gasteiger partial charge on any atom is -0.376 e. The third-order valence-corrected chi connectivity index (χ3v) is 5.65. The minimum absolute atomic E-state index is 0.168. The van der Waals surface area contributed by atoms with E-state index in [-0.39, 0.29) is 6.03 Å². The molecule has 0 radical (unpaired) electrons. The van der Waals surface area contributed by atoms with Crippen LogP contribution in [0.15, 0.2) is 18.2 Å². The fourth-order valence-electron chi connectivity index (χ4n) is 4.13. The number of benzene rings is 1. The first-order valence-corrected chi connectivity index (χ1v) is 10.2. The van der Waals surface area contributed by atoms with Gasteiger partial charge in [0.15, 0.2) is 0 Å². The fraction of sp³-hybridized carbons (Fsp3) is 0.667. The normalized spacial score (nSPS) is 23.1. The van der Waals surface area contributed by atoms with Crippen LogP contribution in [-0.2, 0) is 4.74 Å². The second kappa shape index (κ2) is 9.26. The van der Waals surface area contributed by atoms with Gasteiger partial charge in [-0.25, -0.2) is 4.79 Å². The highest BCUT2D eigenvalue weighted by Gasteiger charge is 2.21. The van der Waals surface area contributed by atoms with Crippen LogP contribution in [0, 0.1) is 12.8 Å². The van der Waals surface area contributed by atoms with E-state index in [4.69, 9.17) is 4.74 Å². The van der Waals surface area contributed by atoms with Crippen LogP contribution in [0.4, 0.5) is 16.2 Å². The highest BCUT2D eigenvalue weighted by molar-refractivity contribution is 5.89. The van der Waals surface area contributed by atoms with Crippen molar-refractivity contribution in [2.24, 2.45) is 5.92 Å². The number of carbonyl (C=O) groups is 1. The highest BCUT2D eigenvalue weighted by Crippen LogP contribution is 2.27. The third kappa shape index (κ3) is 5.13. The zero-order chi connectivity index (χ0) is 18.4. The number of rotatable bonds is 6. The van der Waals surface area contributed by atoms with Gasteiger partial charge in [0.05, 0.1) is 12.7 Å². The van der Waals surface area contributed by atoms with Crippen LogP contribution in [0.3, 0.4) is 0 Å². The van der Waals surface area contributed by atoms with Crippen LogP contribution >= 0.6 is 0 Å². The van der Waals surface area contributed by atoms with Gasteiger partial charge in [-0.1, -0.05) is 19.8 Å². The molecular weight excluding hydrogens is 326 g/mol. The van der Waals surface area contributed by atoms with E-state index >= 15 is 0 Å². The SMILES string of the molecule is Cc1cc(NC(=O)NCCO[C@H]2CCCC[C@H]2C)ccc1N1CCCC1. The van der Waals surface area contributed by atoms with Gasteiger partial charge in [-0.05, 0) is 62.3 Å². The van der Waals surface area contributed by atoms with Crippen molar-refractivity contribution in [1.29, 1.82) is 0 Å². The number of urea groups is 1. The van der Waals surface area contributed by atoms with Crippen LogP contribution < -0.4 is 15.5 Å². The lowest BCUT2D eigenvalue weighted by Crippen LogP contribution is -2.34. The summed E-state index contributed by atoms with van der Waals surface area (Å²) in [7, 11) is 0. The van der Waals surface area contributed by atoms with Crippen molar-refractivity contribution in [1.82, 2.24) is 5.32 Å². The van der Waals surface area contributed by atoms with E-state index in [2.05, 4.69) is 35.4 Å². The Morgan fingerprint density at radius 1 is 1.19 bits per heavy atom. The van der Waals surface area contributed by atoms with Crippen LogP contribution in [0.5, 0.6) is 0 Å². The smallest absolute Gasteiger partial charge is 0.319 e. The zero-order valence-electron chi connectivity index (χ0n) is 16.2. The Kier molecular flexibility index (Phi) is 6.78. The lowest BCUT2D eigenvalue weighted by atomic mass is 9.88. The average Bonchev–Trinajstić information content (AvgIpc) is 3.14. The molecule has 144 valence electrons. The van der Waals surface area contributed by atoms with Gasteiger partial charge in [-0.2, -0.15) is 0 Å². The molecule has 1 heterocycles. The maximum atomic E-state index is 12.1. The Balaban J connectivity index is 1.39. The van der Waals surface area contributed by atoms with E-state index in [1.807, 2.05) is 12.1 Å². The Labute approximate surface area is 157 Å². The van der Waals surface area contributed by atoms with Gasteiger partial charge in [0.25, 0.3) is 0 Å². The zero-order valence-corrected chi connectivity index (χ0v) is 16.2. The molecule has 1 aromatic rings. The first kappa shape index (κ1) is 19.0. The maximum Gasteiger partial charge on any atom is 0.319 e. The molecule has 2 aliphatic rings. The molecule has 2 N–H and O–H groups in total. The van der Waals surface area contributed by atoms with Gasteiger partial charge in [0, 0.05) is 31.0 Å². The van der Waals surface area contributed by atoms with Crippen molar-refractivity contribution in [3.05, 3.63) is 23.8 Å². The molecule has 0 spiro atoms. The van der Waals surface area contributed by atoms with Crippen LogP contribution in [0.1, 0.15) is 51.0 Å². The number of anilines is 2. The minimum atomic E-state index is -0.168. The number of nitrogens with one attached hydrogen (secondary N) is 2. The standard InChI is InChI=1S/C21H33N3O2/c1-16-7-3-4-8-20(16)26-14-11-22-21(25)23-18-9-10-19(17(2)15-18)24-12-5-6-13-24/h9-10,15-16,20H,3-8,11-14H2,1-2H3,(H2,22,23,25)/t16-,20+/m1/s1. The van der Waals surface area contributed by atoms with Gasteiger partial charge in [0.2, 0.25) is 0 Å². The van der Waals surface area contributed by atoms with E-state index in [9.17, 15) is 4.79 Å². The lowest BCUT2D eigenvalue weighted by Gasteiger charge is -2.28. The van der Waals surface area contributed by atoms with Gasteiger partial charge in [0.1, 0.15) is 0 Å². The molecule has 3 rings (SSSR count). The lowest BCUT2D eigenvalue weighted by molar-refractivity contribution is -0.00232. The summed E-state index contributed by atoms with van der Waals surface area (Å²) < 4.78 is 5.94. The quantitative estimate of drug-likeness (QED) is 0.744. The Bertz CT molecular complexity index is 599. The third-order valence-electron chi connectivity index (χ3n) is 5.65. The molecular formula is C21H33N3O2. The molecule has 1 aromatic carbocycles. The number of aryl methyl sites for hydroxylation is 1. The van der Waals surface area contributed by atoms with Gasteiger partial charge < -0.3 is 20.3 Å². The van der Waals surface area contributed by atoms with Crippen molar-refractivity contribution < 1.29 is 9.53 Å². The predicted molar refractivity (Wildman–Crippen MR) is 107 cm³/mol. The molecule has 2 amide bonds. The van der Waals surface area contributed by atoms with Crippen LogP contribution in [0.25, 0.3) is 0 Å². The number of carbonyl (C=O) groups excluding carboxylic acids is 1.